The molecule has 2 N–H and O–H groups in total. The predicted molar refractivity (Wildman–Crippen MR) is 91.7 cm³/mol. The Labute approximate surface area is 148 Å². The summed E-state index contributed by atoms with van der Waals surface area (Å²) in [7, 11) is 0. The van der Waals surface area contributed by atoms with Gasteiger partial charge >= 0.3 is 11.4 Å². The molecular weight excluding hydrogens is 346 g/mol. The lowest BCUT2D eigenvalue weighted by Gasteiger charge is -2.26. The van der Waals surface area contributed by atoms with Gasteiger partial charge in [0.25, 0.3) is 0 Å². The summed E-state index contributed by atoms with van der Waals surface area (Å²) in [6.45, 7) is 3.61. The van der Waals surface area contributed by atoms with E-state index >= 15 is 0 Å². The second-order valence-corrected chi connectivity index (χ2v) is 6.38. The number of nitrogens with one attached hydrogen (secondary N) is 2. The fourth-order valence-electron chi connectivity index (χ4n) is 3.05. The van der Waals surface area contributed by atoms with Gasteiger partial charge in [0.05, 0.1) is 18.7 Å². The van der Waals surface area contributed by atoms with Crippen LogP contribution in [-0.2, 0) is 4.74 Å². The molecule has 7 nitrogen and oxygen atoms in total. The molecule has 1 saturated heterocycles. The number of halogens is 2. The van der Waals surface area contributed by atoms with Gasteiger partial charge in [0.15, 0.2) is 0 Å². The Balaban J connectivity index is 1.87. The van der Waals surface area contributed by atoms with Crippen LogP contribution < -0.4 is 16.7 Å². The molecule has 1 aromatic carbocycles. The molecule has 0 unspecified atom stereocenters. The fourth-order valence-corrected chi connectivity index (χ4v) is 3.05. The number of anilines is 1. The molecule has 1 aliphatic rings. The van der Waals surface area contributed by atoms with Gasteiger partial charge in [0.1, 0.15) is 12.0 Å². The smallest absolute Gasteiger partial charge is 0.355 e. The number of ether oxygens (including phenoxy) is 1. The Morgan fingerprint density at radius 1 is 1.42 bits per heavy atom. The van der Waals surface area contributed by atoms with Crippen molar-refractivity contribution in [3.63, 3.8) is 0 Å². The molecule has 1 fully saturated rings. The van der Waals surface area contributed by atoms with E-state index in [2.05, 4.69) is 15.3 Å². The first-order valence-electron chi connectivity index (χ1n) is 8.34. The molecular formula is C17H20F2N4O3. The third kappa shape index (κ3) is 3.67. The lowest BCUT2D eigenvalue weighted by Crippen LogP contribution is -2.46. The molecule has 26 heavy (non-hydrogen) atoms. The molecule has 2 aromatic rings. The van der Waals surface area contributed by atoms with Crippen molar-refractivity contribution in [2.75, 3.05) is 18.5 Å². The number of hydrogen-bond donors (Lipinski definition) is 2. The highest BCUT2D eigenvalue weighted by molar-refractivity contribution is 5.33. The summed E-state index contributed by atoms with van der Waals surface area (Å²) in [6, 6.07) is 3.22. The lowest BCUT2D eigenvalue weighted by atomic mass is 10.1. The number of alkyl halides is 1. The lowest BCUT2D eigenvalue weighted by molar-refractivity contribution is 0.000716. The van der Waals surface area contributed by atoms with Crippen LogP contribution in [0.4, 0.5) is 14.7 Å². The summed E-state index contributed by atoms with van der Waals surface area (Å²) in [5.41, 5.74) is -0.368. The zero-order chi connectivity index (χ0) is 18.8. The number of benzene rings is 1. The van der Waals surface area contributed by atoms with Crippen LogP contribution in [0, 0.1) is 12.7 Å². The van der Waals surface area contributed by atoms with E-state index in [0.29, 0.717) is 5.56 Å². The van der Waals surface area contributed by atoms with E-state index in [9.17, 15) is 18.4 Å². The average Bonchev–Trinajstić information content (AvgIpc) is 2.58. The summed E-state index contributed by atoms with van der Waals surface area (Å²) >= 11 is 0. The van der Waals surface area contributed by atoms with Crippen molar-refractivity contribution in [3.05, 3.63) is 56.1 Å². The minimum absolute atomic E-state index is 0.0906. The monoisotopic (exact) mass is 366 g/mol. The summed E-state index contributed by atoms with van der Waals surface area (Å²) in [5.74, 6) is -0.499. The van der Waals surface area contributed by atoms with Gasteiger partial charge in [0.2, 0.25) is 5.95 Å². The van der Waals surface area contributed by atoms with Crippen LogP contribution in [0.15, 0.2) is 27.8 Å². The highest BCUT2D eigenvalue weighted by atomic mass is 19.1. The van der Waals surface area contributed by atoms with E-state index in [1.165, 1.54) is 6.07 Å². The summed E-state index contributed by atoms with van der Waals surface area (Å²) in [6.07, 6.45) is -1.24. The molecule has 1 aliphatic heterocycles. The van der Waals surface area contributed by atoms with Gasteiger partial charge in [0, 0.05) is 12.2 Å². The molecule has 140 valence electrons. The molecule has 9 heteroatoms. The molecule has 0 amide bonds. The van der Waals surface area contributed by atoms with Crippen LogP contribution in [-0.4, -0.2) is 33.9 Å². The Morgan fingerprint density at radius 2 is 2.19 bits per heavy atom. The molecule has 0 aliphatic carbocycles. The van der Waals surface area contributed by atoms with Crippen LogP contribution in [0.3, 0.4) is 0 Å². The van der Waals surface area contributed by atoms with Crippen LogP contribution in [0.1, 0.15) is 36.6 Å². The van der Waals surface area contributed by atoms with Gasteiger partial charge < -0.3 is 10.1 Å². The number of H-pyrrole nitrogens is 1. The van der Waals surface area contributed by atoms with E-state index < -0.39 is 35.5 Å². The normalized spacial score (nSPS) is 21.4. The standard InChI is InChI=1S/C17H20F2N4O3/c1-9-3-4-12(18)11(7-9)10(2)20-15-21-16(24)23(17(25)22-15)14-5-6-26-8-13(14)19/h3-4,7,10,13-14H,5-6,8H2,1-2H3,(H2,20,21,22,24,25)/t10-,13+,14-/m0/s1. The Morgan fingerprint density at radius 3 is 2.88 bits per heavy atom. The topological polar surface area (TPSA) is 89.0 Å². The Hall–Kier alpha value is -2.55. The van der Waals surface area contributed by atoms with Crippen molar-refractivity contribution < 1.29 is 13.5 Å². The van der Waals surface area contributed by atoms with Crippen LogP contribution >= 0.6 is 0 Å². The first kappa shape index (κ1) is 18.2. The number of nitrogens with zero attached hydrogens (tertiary/aromatic N) is 2. The van der Waals surface area contributed by atoms with Crippen molar-refractivity contribution in [2.45, 2.75) is 38.5 Å². The minimum atomic E-state index is -1.46. The Kier molecular flexibility index (Phi) is 5.17. The summed E-state index contributed by atoms with van der Waals surface area (Å²) in [5, 5.41) is 2.81. The molecule has 2 heterocycles. The van der Waals surface area contributed by atoms with Gasteiger partial charge in [-0.1, -0.05) is 17.7 Å². The second kappa shape index (κ2) is 7.36. The molecule has 0 saturated carbocycles. The molecule has 0 bridgehead atoms. The maximum Gasteiger partial charge on any atom is 0.355 e. The zero-order valence-electron chi connectivity index (χ0n) is 14.5. The SMILES string of the molecule is Cc1ccc(F)c([C@H](C)Nc2nc(=O)n([C@H]3CCOC[C@H]3F)c(=O)[nH]2)c1. The fraction of sp³-hybridized carbons (Fsp3) is 0.471. The number of aromatic nitrogens is 3. The maximum atomic E-state index is 14.0. The van der Waals surface area contributed by atoms with E-state index in [4.69, 9.17) is 4.74 Å². The van der Waals surface area contributed by atoms with E-state index in [1.807, 2.05) is 6.92 Å². The third-order valence-electron chi connectivity index (χ3n) is 4.41. The summed E-state index contributed by atoms with van der Waals surface area (Å²) < 4.78 is 33.7. The number of rotatable bonds is 4. The first-order chi connectivity index (χ1) is 12.4. The highest BCUT2D eigenvalue weighted by Gasteiger charge is 2.30. The molecule has 0 radical (unpaired) electrons. The third-order valence-corrected chi connectivity index (χ3v) is 4.41. The van der Waals surface area contributed by atoms with Gasteiger partial charge in [-0.3, -0.25) is 4.98 Å². The molecule has 0 spiro atoms. The molecule has 1 aromatic heterocycles. The second-order valence-electron chi connectivity index (χ2n) is 6.38. The first-order valence-corrected chi connectivity index (χ1v) is 8.34. The molecule has 3 atom stereocenters. The van der Waals surface area contributed by atoms with Crippen molar-refractivity contribution in [1.29, 1.82) is 0 Å². The largest absolute Gasteiger partial charge is 0.378 e. The van der Waals surface area contributed by atoms with E-state index in [0.717, 1.165) is 10.1 Å². The molecule has 3 rings (SSSR count). The van der Waals surface area contributed by atoms with Crippen LogP contribution in [0.25, 0.3) is 0 Å². The van der Waals surface area contributed by atoms with E-state index in [-0.39, 0.29) is 25.6 Å². The van der Waals surface area contributed by atoms with Crippen LogP contribution in [0.2, 0.25) is 0 Å². The van der Waals surface area contributed by atoms with Gasteiger partial charge in [-0.25, -0.2) is 22.9 Å². The quantitative estimate of drug-likeness (QED) is 0.862. The number of aryl methyl sites for hydroxylation is 1. The van der Waals surface area contributed by atoms with Crippen molar-refractivity contribution in [2.24, 2.45) is 0 Å². The van der Waals surface area contributed by atoms with Crippen molar-refractivity contribution in [3.8, 4) is 0 Å². The van der Waals surface area contributed by atoms with E-state index in [1.54, 1.807) is 19.1 Å². The summed E-state index contributed by atoms with van der Waals surface area (Å²) in [4.78, 5) is 30.7. The van der Waals surface area contributed by atoms with Crippen LogP contribution in [0.5, 0.6) is 0 Å². The number of aromatic amines is 1. The predicted octanol–water partition coefficient (Wildman–Crippen LogP) is 1.85. The van der Waals surface area contributed by atoms with Crippen molar-refractivity contribution in [1.82, 2.24) is 14.5 Å². The van der Waals surface area contributed by atoms with Gasteiger partial charge in [-0.05, 0) is 26.3 Å². The van der Waals surface area contributed by atoms with Gasteiger partial charge in [-0.2, -0.15) is 4.98 Å². The Bertz CT molecular complexity index is 880. The highest BCUT2D eigenvalue weighted by Crippen LogP contribution is 2.22. The zero-order valence-corrected chi connectivity index (χ0v) is 14.5. The van der Waals surface area contributed by atoms with Crippen molar-refractivity contribution >= 4 is 5.95 Å². The minimum Gasteiger partial charge on any atom is -0.378 e. The number of hydrogen-bond acceptors (Lipinski definition) is 5. The maximum absolute atomic E-state index is 14.0. The average molecular weight is 366 g/mol. The van der Waals surface area contributed by atoms with Gasteiger partial charge in [-0.15, -0.1) is 0 Å².